The minimum Gasteiger partial charge on any atom is -0.355 e. The molecule has 0 aliphatic heterocycles. The summed E-state index contributed by atoms with van der Waals surface area (Å²) in [5, 5.41) is 6.25. The summed E-state index contributed by atoms with van der Waals surface area (Å²) in [5.74, 6) is -0.676. The van der Waals surface area contributed by atoms with E-state index in [0.29, 0.717) is 22.3 Å². The normalized spacial score (nSPS) is 14.1. The smallest absolute Gasteiger partial charge is 0.233 e. The number of benzene rings is 1. The highest BCUT2D eigenvalue weighted by Gasteiger charge is 2.11. The largest absolute Gasteiger partial charge is 0.355 e. The van der Waals surface area contributed by atoms with Crippen molar-refractivity contribution in [3.8, 4) is 0 Å². The zero-order valence-electron chi connectivity index (χ0n) is 12.8. The van der Waals surface area contributed by atoms with Gasteiger partial charge >= 0.3 is 0 Å². The Morgan fingerprint density at radius 1 is 1.04 bits per heavy atom. The molecule has 2 amide bonds. The fourth-order valence-corrected chi connectivity index (χ4v) is 3.06. The number of hydrogen-bond donors (Lipinski definition) is 2. The highest BCUT2D eigenvalue weighted by Crippen LogP contribution is 2.22. The Kier molecular flexibility index (Phi) is 6.93. The fraction of sp³-hybridized carbons (Fsp3) is 0.412. The summed E-state index contributed by atoms with van der Waals surface area (Å²) in [4.78, 5) is 23.6. The number of allylic oxidation sites excluding steroid dienone is 1. The number of rotatable bonds is 6. The van der Waals surface area contributed by atoms with E-state index in [1.807, 2.05) is 0 Å². The first-order chi connectivity index (χ1) is 11.0. The van der Waals surface area contributed by atoms with Crippen LogP contribution in [0.15, 0.2) is 29.8 Å². The molecule has 1 aromatic rings. The maximum Gasteiger partial charge on any atom is 0.233 e. The van der Waals surface area contributed by atoms with Crippen LogP contribution >= 0.6 is 23.2 Å². The summed E-state index contributed by atoms with van der Waals surface area (Å²) in [6.45, 7) is 0.570. The van der Waals surface area contributed by atoms with Crippen LogP contribution in [-0.2, 0) is 9.59 Å². The molecule has 0 spiro atoms. The van der Waals surface area contributed by atoms with Crippen molar-refractivity contribution in [2.45, 2.75) is 38.5 Å². The van der Waals surface area contributed by atoms with Gasteiger partial charge in [-0.1, -0.05) is 34.9 Å². The molecule has 1 aliphatic carbocycles. The molecule has 0 aromatic heterocycles. The molecule has 1 aromatic carbocycles. The number of carbonyl (C=O) groups excluding carboxylic acids is 2. The quantitative estimate of drug-likeness (QED) is 0.590. The number of anilines is 1. The first kappa shape index (κ1) is 17.8. The van der Waals surface area contributed by atoms with Crippen LogP contribution in [0.2, 0.25) is 10.0 Å². The van der Waals surface area contributed by atoms with Gasteiger partial charge in [-0.2, -0.15) is 0 Å². The van der Waals surface area contributed by atoms with E-state index in [2.05, 4.69) is 16.7 Å². The molecule has 0 saturated heterocycles. The van der Waals surface area contributed by atoms with Gasteiger partial charge in [0.25, 0.3) is 0 Å². The van der Waals surface area contributed by atoms with Crippen LogP contribution in [0.3, 0.4) is 0 Å². The standard InChI is InChI=1S/C17H20Cl2N2O2/c18-13-8-14(19)10-15(9-13)21-17(23)11-16(22)20-7-6-12-4-2-1-3-5-12/h4,8-10H,1-3,5-7,11H2,(H,20,22)(H,21,23). The van der Waals surface area contributed by atoms with Crippen LogP contribution in [0.5, 0.6) is 0 Å². The molecule has 6 heteroatoms. The van der Waals surface area contributed by atoms with Gasteiger partial charge in [0.15, 0.2) is 0 Å². The summed E-state index contributed by atoms with van der Waals surface area (Å²) < 4.78 is 0. The molecule has 0 saturated carbocycles. The molecule has 1 aliphatic rings. The van der Waals surface area contributed by atoms with Gasteiger partial charge in [-0.3, -0.25) is 9.59 Å². The van der Waals surface area contributed by atoms with E-state index in [1.165, 1.54) is 18.4 Å². The molecular formula is C17H20Cl2N2O2. The van der Waals surface area contributed by atoms with E-state index >= 15 is 0 Å². The van der Waals surface area contributed by atoms with E-state index in [1.54, 1.807) is 18.2 Å². The molecule has 0 radical (unpaired) electrons. The molecule has 124 valence electrons. The summed E-state index contributed by atoms with van der Waals surface area (Å²) in [7, 11) is 0. The van der Waals surface area contributed by atoms with Crippen molar-refractivity contribution >= 4 is 40.7 Å². The summed E-state index contributed by atoms with van der Waals surface area (Å²) in [5.41, 5.74) is 1.88. The predicted octanol–water partition coefficient (Wildman–Crippen LogP) is 4.33. The molecule has 2 rings (SSSR count). The lowest BCUT2D eigenvalue weighted by atomic mass is 9.97. The van der Waals surface area contributed by atoms with Gasteiger partial charge in [0.2, 0.25) is 11.8 Å². The minimum atomic E-state index is -0.391. The van der Waals surface area contributed by atoms with Crippen molar-refractivity contribution in [3.05, 3.63) is 39.9 Å². The molecule has 23 heavy (non-hydrogen) atoms. The van der Waals surface area contributed by atoms with Gasteiger partial charge in [-0.25, -0.2) is 0 Å². The molecule has 0 fully saturated rings. The van der Waals surface area contributed by atoms with E-state index in [-0.39, 0.29) is 12.3 Å². The number of hydrogen-bond acceptors (Lipinski definition) is 2. The van der Waals surface area contributed by atoms with Gasteiger partial charge in [0.1, 0.15) is 6.42 Å². The lowest BCUT2D eigenvalue weighted by Gasteiger charge is -2.13. The van der Waals surface area contributed by atoms with E-state index in [9.17, 15) is 9.59 Å². The van der Waals surface area contributed by atoms with Crippen molar-refractivity contribution in [3.63, 3.8) is 0 Å². The van der Waals surface area contributed by atoms with Gasteiger partial charge in [-0.05, 0) is 50.3 Å². The van der Waals surface area contributed by atoms with E-state index in [0.717, 1.165) is 19.3 Å². The minimum absolute atomic E-state index is 0.219. The molecule has 0 unspecified atom stereocenters. The second-order valence-corrected chi connectivity index (χ2v) is 6.46. The van der Waals surface area contributed by atoms with Crippen molar-refractivity contribution < 1.29 is 9.59 Å². The Bertz CT molecular complexity index is 594. The average Bonchev–Trinajstić information content (AvgIpc) is 2.47. The highest BCUT2D eigenvalue weighted by molar-refractivity contribution is 6.35. The monoisotopic (exact) mass is 354 g/mol. The second-order valence-electron chi connectivity index (χ2n) is 5.59. The van der Waals surface area contributed by atoms with Crippen LogP contribution < -0.4 is 10.6 Å². The molecule has 0 heterocycles. The Balaban J connectivity index is 1.71. The maximum absolute atomic E-state index is 11.8. The van der Waals surface area contributed by atoms with Crippen molar-refractivity contribution in [1.82, 2.24) is 5.32 Å². The van der Waals surface area contributed by atoms with E-state index in [4.69, 9.17) is 23.2 Å². The fourth-order valence-electron chi connectivity index (χ4n) is 2.53. The van der Waals surface area contributed by atoms with Crippen molar-refractivity contribution in [2.75, 3.05) is 11.9 Å². The summed E-state index contributed by atoms with van der Waals surface area (Å²) in [6.07, 6.45) is 7.62. The Morgan fingerprint density at radius 2 is 1.78 bits per heavy atom. The third-order valence-corrected chi connectivity index (χ3v) is 4.06. The third kappa shape index (κ3) is 6.63. The highest BCUT2D eigenvalue weighted by atomic mass is 35.5. The van der Waals surface area contributed by atoms with Gasteiger partial charge < -0.3 is 10.6 Å². The number of amides is 2. The number of nitrogens with one attached hydrogen (secondary N) is 2. The summed E-state index contributed by atoms with van der Waals surface area (Å²) in [6, 6.07) is 4.74. The van der Waals surface area contributed by atoms with Crippen LogP contribution in [-0.4, -0.2) is 18.4 Å². The molecule has 0 atom stereocenters. The lowest BCUT2D eigenvalue weighted by Crippen LogP contribution is -2.29. The van der Waals surface area contributed by atoms with Gasteiger partial charge in [0.05, 0.1) is 0 Å². The first-order valence-corrected chi connectivity index (χ1v) is 8.49. The van der Waals surface area contributed by atoms with Crippen LogP contribution in [0, 0.1) is 0 Å². The first-order valence-electron chi connectivity index (χ1n) is 7.73. The Hall–Kier alpha value is -1.52. The molecule has 0 bridgehead atoms. The Labute approximate surface area is 146 Å². The topological polar surface area (TPSA) is 58.2 Å². The maximum atomic E-state index is 11.8. The van der Waals surface area contributed by atoms with Crippen LogP contribution in [0.4, 0.5) is 5.69 Å². The third-order valence-electron chi connectivity index (χ3n) is 3.62. The average molecular weight is 355 g/mol. The molecule has 4 nitrogen and oxygen atoms in total. The van der Waals surface area contributed by atoms with Crippen LogP contribution in [0.1, 0.15) is 38.5 Å². The van der Waals surface area contributed by atoms with Gasteiger partial charge in [-0.15, -0.1) is 0 Å². The lowest BCUT2D eigenvalue weighted by molar-refractivity contribution is -0.126. The molecule has 2 N–H and O–H groups in total. The zero-order chi connectivity index (χ0) is 16.7. The van der Waals surface area contributed by atoms with Crippen LogP contribution in [0.25, 0.3) is 0 Å². The predicted molar refractivity (Wildman–Crippen MR) is 93.9 cm³/mol. The van der Waals surface area contributed by atoms with Crippen molar-refractivity contribution in [1.29, 1.82) is 0 Å². The number of carbonyl (C=O) groups is 2. The zero-order valence-corrected chi connectivity index (χ0v) is 14.3. The summed E-state index contributed by atoms with van der Waals surface area (Å²) >= 11 is 11.7. The SMILES string of the molecule is O=C(CC(=O)Nc1cc(Cl)cc(Cl)c1)NCCC1=CCCCC1. The van der Waals surface area contributed by atoms with Gasteiger partial charge in [0, 0.05) is 22.3 Å². The van der Waals surface area contributed by atoms with E-state index < -0.39 is 5.91 Å². The second kappa shape index (κ2) is 8.94. The Morgan fingerprint density at radius 3 is 2.43 bits per heavy atom. The van der Waals surface area contributed by atoms with Crippen molar-refractivity contribution in [2.24, 2.45) is 0 Å². The number of halogens is 2. The molecular weight excluding hydrogens is 335 g/mol.